The van der Waals surface area contributed by atoms with Gasteiger partial charge in [0.1, 0.15) is 5.82 Å². The minimum Gasteiger partial charge on any atom is -0.369 e. The highest BCUT2D eigenvalue weighted by molar-refractivity contribution is 6.02. The van der Waals surface area contributed by atoms with Gasteiger partial charge in [-0.15, -0.1) is 0 Å². The first kappa shape index (κ1) is 21.4. The van der Waals surface area contributed by atoms with E-state index >= 15 is 4.39 Å². The minimum absolute atomic E-state index is 0.261. The topological polar surface area (TPSA) is 79.3 Å². The van der Waals surface area contributed by atoms with Crippen molar-refractivity contribution in [2.24, 2.45) is 18.9 Å². The summed E-state index contributed by atoms with van der Waals surface area (Å²) in [5.74, 6) is 0.172. The maximum Gasteiger partial charge on any atom is 0.235 e. The summed E-state index contributed by atoms with van der Waals surface area (Å²) in [6.45, 7) is 4.02. The molecule has 1 aromatic carbocycles. The van der Waals surface area contributed by atoms with Crippen LogP contribution in [0.2, 0.25) is 0 Å². The molecule has 2 N–H and O–H groups in total. The molecular formula is C24H32FN5O2. The van der Waals surface area contributed by atoms with E-state index in [2.05, 4.69) is 20.6 Å². The summed E-state index contributed by atoms with van der Waals surface area (Å²) in [5, 5.41) is 11.0. The van der Waals surface area contributed by atoms with Crippen LogP contribution < -0.4 is 15.5 Å². The first-order chi connectivity index (χ1) is 15.5. The second-order valence-corrected chi connectivity index (χ2v) is 9.69. The number of hydrogen-bond acceptors (Lipinski definition) is 5. The van der Waals surface area contributed by atoms with E-state index in [-0.39, 0.29) is 24.1 Å². The summed E-state index contributed by atoms with van der Waals surface area (Å²) in [4.78, 5) is 26.0. The third-order valence-corrected chi connectivity index (χ3v) is 7.60. The first-order valence-corrected chi connectivity index (χ1v) is 11.9. The van der Waals surface area contributed by atoms with E-state index in [1.54, 1.807) is 4.68 Å². The van der Waals surface area contributed by atoms with Crippen molar-refractivity contribution in [2.45, 2.75) is 50.9 Å². The highest BCUT2D eigenvalue weighted by Gasteiger charge is 2.32. The molecule has 32 heavy (non-hydrogen) atoms. The Kier molecular flexibility index (Phi) is 5.88. The number of benzene rings is 1. The number of nitrogens with one attached hydrogen (secondary N) is 2. The van der Waals surface area contributed by atoms with Gasteiger partial charge in [0, 0.05) is 31.9 Å². The van der Waals surface area contributed by atoms with Gasteiger partial charge in [0.05, 0.1) is 22.8 Å². The Morgan fingerprint density at radius 3 is 2.50 bits per heavy atom. The second kappa shape index (κ2) is 8.81. The average molecular weight is 442 g/mol. The predicted molar refractivity (Wildman–Crippen MR) is 121 cm³/mol. The monoisotopic (exact) mass is 441 g/mol. The van der Waals surface area contributed by atoms with Crippen LogP contribution in [0.25, 0.3) is 10.9 Å². The van der Waals surface area contributed by atoms with Crippen LogP contribution in [0, 0.1) is 17.7 Å². The van der Waals surface area contributed by atoms with Gasteiger partial charge in [-0.05, 0) is 75.6 Å². The largest absolute Gasteiger partial charge is 0.369 e. The molecule has 0 saturated carbocycles. The van der Waals surface area contributed by atoms with Crippen LogP contribution >= 0.6 is 0 Å². The van der Waals surface area contributed by atoms with Gasteiger partial charge in [0.15, 0.2) is 0 Å². The Labute approximate surface area is 187 Å². The zero-order valence-electron chi connectivity index (χ0n) is 18.7. The average Bonchev–Trinajstić information content (AvgIpc) is 3.09. The molecule has 3 aliphatic rings. The van der Waals surface area contributed by atoms with Crippen molar-refractivity contribution < 1.29 is 14.0 Å². The molecule has 0 spiro atoms. The van der Waals surface area contributed by atoms with Gasteiger partial charge in [-0.2, -0.15) is 5.10 Å². The molecule has 1 unspecified atom stereocenters. The van der Waals surface area contributed by atoms with Crippen LogP contribution in [0.5, 0.6) is 0 Å². The molecule has 5 rings (SSSR count). The molecule has 3 fully saturated rings. The third-order valence-electron chi connectivity index (χ3n) is 7.60. The van der Waals surface area contributed by atoms with Crippen molar-refractivity contribution in [1.82, 2.24) is 20.4 Å². The Morgan fingerprint density at radius 2 is 1.78 bits per heavy atom. The van der Waals surface area contributed by atoms with Crippen molar-refractivity contribution in [3.05, 3.63) is 23.6 Å². The van der Waals surface area contributed by atoms with Crippen LogP contribution in [0.4, 0.5) is 10.1 Å². The molecule has 2 amide bonds. The number of halogens is 1. The molecule has 2 aromatic rings. The number of carbonyl (C=O) groups excluding carboxylic acids is 2. The highest BCUT2D eigenvalue weighted by Crippen LogP contribution is 2.36. The zero-order valence-corrected chi connectivity index (χ0v) is 18.7. The van der Waals surface area contributed by atoms with Gasteiger partial charge >= 0.3 is 0 Å². The number of amides is 2. The lowest BCUT2D eigenvalue weighted by Crippen LogP contribution is -2.39. The van der Waals surface area contributed by atoms with Crippen molar-refractivity contribution in [3.63, 3.8) is 0 Å². The van der Waals surface area contributed by atoms with E-state index in [9.17, 15) is 9.59 Å². The molecule has 8 heteroatoms. The van der Waals surface area contributed by atoms with Crippen molar-refractivity contribution >= 4 is 28.4 Å². The Balaban J connectivity index is 1.32. The molecule has 7 nitrogen and oxygen atoms in total. The highest BCUT2D eigenvalue weighted by atomic mass is 19.1. The fourth-order valence-electron chi connectivity index (χ4n) is 5.75. The maximum absolute atomic E-state index is 15.2. The molecule has 1 aromatic heterocycles. The minimum atomic E-state index is -0.521. The van der Waals surface area contributed by atoms with E-state index in [0.29, 0.717) is 23.2 Å². The molecular weight excluding hydrogens is 409 g/mol. The van der Waals surface area contributed by atoms with Gasteiger partial charge in [0.25, 0.3) is 0 Å². The van der Waals surface area contributed by atoms with Crippen LogP contribution in [-0.4, -0.2) is 47.8 Å². The maximum atomic E-state index is 15.2. The lowest BCUT2D eigenvalue weighted by atomic mass is 9.83. The smallest absolute Gasteiger partial charge is 0.235 e. The van der Waals surface area contributed by atoms with E-state index in [1.165, 1.54) is 25.3 Å². The number of carbonyl (C=O) groups is 2. The fraction of sp³-hybridized carbons (Fsp3) is 0.625. The number of anilines is 1. The molecule has 1 atom stereocenters. The number of aromatic nitrogens is 2. The van der Waals surface area contributed by atoms with Crippen LogP contribution in [0.3, 0.4) is 0 Å². The standard InChI is InChI=1S/C24H32FN5O2/c1-29-20-14-21(30-10-6-16(7-11-30)12-15-4-8-26-9-5-15)19(25)13-18(20)23(28-29)17-2-3-22(31)27-24(17)32/h13-17,26H,2-12H2,1H3,(H,27,31,32). The normalized spacial score (nSPS) is 23.7. The van der Waals surface area contributed by atoms with Gasteiger partial charge in [-0.1, -0.05) is 0 Å². The Hall–Kier alpha value is -2.48. The second-order valence-electron chi connectivity index (χ2n) is 9.69. The van der Waals surface area contributed by atoms with Gasteiger partial charge in [-0.25, -0.2) is 4.39 Å². The number of hydrogen-bond donors (Lipinski definition) is 2. The van der Waals surface area contributed by atoms with E-state index in [1.807, 2.05) is 13.1 Å². The third kappa shape index (κ3) is 4.12. The van der Waals surface area contributed by atoms with Gasteiger partial charge in [0.2, 0.25) is 11.8 Å². The SMILES string of the molecule is Cn1nc(C2CCC(=O)NC2=O)c2cc(F)c(N3CCC(CC4CCNCC4)CC3)cc21. The summed E-state index contributed by atoms with van der Waals surface area (Å²) in [5.41, 5.74) is 1.99. The van der Waals surface area contributed by atoms with Gasteiger partial charge in [-0.3, -0.25) is 19.6 Å². The molecule has 0 aliphatic carbocycles. The first-order valence-electron chi connectivity index (χ1n) is 11.9. The van der Waals surface area contributed by atoms with Crippen molar-refractivity contribution in [3.8, 4) is 0 Å². The molecule has 3 saturated heterocycles. The van der Waals surface area contributed by atoms with Crippen molar-refractivity contribution in [2.75, 3.05) is 31.1 Å². The number of aryl methyl sites for hydroxylation is 1. The summed E-state index contributed by atoms with van der Waals surface area (Å²) in [7, 11) is 1.82. The van der Waals surface area contributed by atoms with Crippen LogP contribution in [-0.2, 0) is 16.6 Å². The summed E-state index contributed by atoms with van der Waals surface area (Å²) in [6.07, 6.45) is 6.76. The number of piperidine rings is 3. The Bertz CT molecular complexity index is 1020. The van der Waals surface area contributed by atoms with E-state index < -0.39 is 5.92 Å². The number of nitrogens with zero attached hydrogens (tertiary/aromatic N) is 3. The molecule has 3 aliphatic heterocycles. The molecule has 172 valence electrons. The number of fused-ring (bicyclic) bond motifs is 1. The fourth-order valence-corrected chi connectivity index (χ4v) is 5.75. The number of rotatable bonds is 4. The summed E-state index contributed by atoms with van der Waals surface area (Å²) >= 11 is 0. The predicted octanol–water partition coefficient (Wildman–Crippen LogP) is 2.84. The van der Waals surface area contributed by atoms with E-state index in [4.69, 9.17) is 0 Å². The molecule has 0 radical (unpaired) electrons. The van der Waals surface area contributed by atoms with Crippen molar-refractivity contribution in [1.29, 1.82) is 0 Å². The summed E-state index contributed by atoms with van der Waals surface area (Å²) < 4.78 is 17.0. The zero-order chi connectivity index (χ0) is 22.2. The quantitative estimate of drug-likeness (QED) is 0.714. The lowest BCUT2D eigenvalue weighted by Gasteiger charge is -2.36. The lowest BCUT2D eigenvalue weighted by molar-refractivity contribution is -0.134. The number of imide groups is 1. The Morgan fingerprint density at radius 1 is 1.06 bits per heavy atom. The van der Waals surface area contributed by atoms with E-state index in [0.717, 1.165) is 56.4 Å². The molecule has 0 bridgehead atoms. The van der Waals surface area contributed by atoms with Crippen LogP contribution in [0.1, 0.15) is 56.6 Å². The van der Waals surface area contributed by atoms with Gasteiger partial charge < -0.3 is 10.2 Å². The van der Waals surface area contributed by atoms with Crippen LogP contribution in [0.15, 0.2) is 12.1 Å². The molecule has 4 heterocycles. The summed E-state index contributed by atoms with van der Waals surface area (Å²) in [6, 6.07) is 3.40.